The number of hydrogen-bond donors (Lipinski definition) is 1. The van der Waals surface area contributed by atoms with E-state index in [-0.39, 0.29) is 0 Å². The summed E-state index contributed by atoms with van der Waals surface area (Å²) in [5.74, 6) is 1.67. The van der Waals surface area contributed by atoms with Gasteiger partial charge in [0.2, 0.25) is 0 Å². The molecule has 0 spiro atoms. The maximum Gasteiger partial charge on any atom is 0.157 e. The zero-order chi connectivity index (χ0) is 10.8. The van der Waals surface area contributed by atoms with E-state index in [2.05, 4.69) is 31.1 Å². The quantitative estimate of drug-likeness (QED) is 0.797. The molecule has 0 saturated heterocycles. The number of nitrogens with one attached hydrogen (secondary N) is 1. The molecule has 3 unspecified atom stereocenters. The largest absolute Gasteiger partial charge is 0.362 e. The van der Waals surface area contributed by atoms with E-state index in [1.165, 1.54) is 24.4 Å². The summed E-state index contributed by atoms with van der Waals surface area (Å²) in [5, 5.41) is 5.50. The number of amidine groups is 1. The fourth-order valence-electron chi connectivity index (χ4n) is 2.09. The highest BCUT2D eigenvalue weighted by Gasteiger charge is 2.37. The molecule has 0 aromatic carbocycles. The molecule has 3 heteroatoms. The zero-order valence-corrected chi connectivity index (χ0v) is 10.8. The molecule has 3 atom stereocenters. The van der Waals surface area contributed by atoms with Gasteiger partial charge in [-0.1, -0.05) is 39.0 Å². The first-order valence-electron chi connectivity index (χ1n) is 6.18. The molecule has 86 valence electrons. The summed E-state index contributed by atoms with van der Waals surface area (Å²) < 4.78 is 0. The Morgan fingerprint density at radius 2 is 2.33 bits per heavy atom. The average molecular weight is 226 g/mol. The molecule has 1 N–H and O–H groups in total. The van der Waals surface area contributed by atoms with Crippen molar-refractivity contribution in [1.82, 2.24) is 5.32 Å². The normalized spacial score (nSPS) is 34.4. The van der Waals surface area contributed by atoms with Crippen LogP contribution in [0.2, 0.25) is 0 Å². The van der Waals surface area contributed by atoms with Crippen molar-refractivity contribution in [3.8, 4) is 0 Å². The van der Waals surface area contributed by atoms with Crippen molar-refractivity contribution in [2.45, 2.75) is 51.3 Å². The second-order valence-electron chi connectivity index (χ2n) is 5.08. The lowest BCUT2D eigenvalue weighted by atomic mass is 10.1. The first-order chi connectivity index (χ1) is 7.20. The van der Waals surface area contributed by atoms with Crippen LogP contribution in [0.5, 0.6) is 0 Å². The lowest BCUT2D eigenvalue weighted by Crippen LogP contribution is -2.24. The minimum Gasteiger partial charge on any atom is -0.362 e. The van der Waals surface area contributed by atoms with E-state index >= 15 is 0 Å². The van der Waals surface area contributed by atoms with Gasteiger partial charge in [0.05, 0.1) is 6.54 Å². The van der Waals surface area contributed by atoms with Crippen molar-refractivity contribution in [3.63, 3.8) is 0 Å². The molecule has 0 amide bonds. The van der Waals surface area contributed by atoms with Gasteiger partial charge in [-0.2, -0.15) is 0 Å². The van der Waals surface area contributed by atoms with Crippen LogP contribution in [0.1, 0.15) is 40.0 Å². The summed E-state index contributed by atoms with van der Waals surface area (Å²) in [7, 11) is 0. The predicted molar refractivity (Wildman–Crippen MR) is 68.5 cm³/mol. The van der Waals surface area contributed by atoms with E-state index in [1.807, 2.05) is 11.8 Å². The second-order valence-corrected chi connectivity index (χ2v) is 6.31. The lowest BCUT2D eigenvalue weighted by Gasteiger charge is -2.12. The van der Waals surface area contributed by atoms with E-state index < -0.39 is 0 Å². The van der Waals surface area contributed by atoms with Gasteiger partial charge in [-0.3, -0.25) is 4.99 Å². The van der Waals surface area contributed by atoms with Crippen LogP contribution >= 0.6 is 11.8 Å². The van der Waals surface area contributed by atoms with Crippen LogP contribution in [0, 0.1) is 11.8 Å². The molecule has 1 saturated carbocycles. The monoisotopic (exact) mass is 226 g/mol. The molecule has 0 radical (unpaired) electrons. The highest BCUT2D eigenvalue weighted by molar-refractivity contribution is 8.14. The van der Waals surface area contributed by atoms with Crippen molar-refractivity contribution in [2.24, 2.45) is 16.8 Å². The van der Waals surface area contributed by atoms with Gasteiger partial charge < -0.3 is 5.32 Å². The molecular weight excluding hydrogens is 204 g/mol. The third-order valence-corrected chi connectivity index (χ3v) is 4.78. The first-order valence-corrected chi connectivity index (χ1v) is 7.06. The Hall–Kier alpha value is -0.180. The third-order valence-electron chi connectivity index (χ3n) is 3.31. The van der Waals surface area contributed by atoms with Gasteiger partial charge in [0.15, 0.2) is 5.17 Å². The van der Waals surface area contributed by atoms with Crippen molar-refractivity contribution < 1.29 is 0 Å². The van der Waals surface area contributed by atoms with E-state index in [1.54, 1.807) is 0 Å². The maximum absolute atomic E-state index is 4.58. The topological polar surface area (TPSA) is 24.4 Å². The number of rotatable bonds is 4. The summed E-state index contributed by atoms with van der Waals surface area (Å²) in [6, 6.07) is 0.738. The third kappa shape index (κ3) is 2.90. The minimum absolute atomic E-state index is 0.705. The molecule has 2 rings (SSSR count). The van der Waals surface area contributed by atoms with Crippen molar-refractivity contribution >= 4 is 16.9 Å². The number of thioether (sulfide) groups is 1. The Morgan fingerprint density at radius 1 is 1.53 bits per heavy atom. The van der Waals surface area contributed by atoms with E-state index in [4.69, 9.17) is 0 Å². The second kappa shape index (κ2) is 4.77. The summed E-state index contributed by atoms with van der Waals surface area (Å²) in [6.07, 6.45) is 4.06. The summed E-state index contributed by atoms with van der Waals surface area (Å²) in [4.78, 5) is 4.58. The molecule has 0 aromatic rings. The van der Waals surface area contributed by atoms with E-state index in [0.29, 0.717) is 5.25 Å². The number of aliphatic imine (C=N–C) groups is 1. The van der Waals surface area contributed by atoms with E-state index in [9.17, 15) is 0 Å². The Kier molecular flexibility index (Phi) is 3.60. The molecule has 1 aliphatic heterocycles. The van der Waals surface area contributed by atoms with Gasteiger partial charge in [0.25, 0.3) is 0 Å². The van der Waals surface area contributed by atoms with Crippen molar-refractivity contribution in [2.75, 3.05) is 6.54 Å². The van der Waals surface area contributed by atoms with Gasteiger partial charge in [-0.25, -0.2) is 0 Å². The zero-order valence-electron chi connectivity index (χ0n) is 9.99. The molecular formula is C12H22N2S. The van der Waals surface area contributed by atoms with Gasteiger partial charge >= 0.3 is 0 Å². The highest BCUT2D eigenvalue weighted by atomic mass is 32.2. The summed E-state index contributed by atoms with van der Waals surface area (Å²) in [6.45, 7) is 7.85. The van der Waals surface area contributed by atoms with Crippen LogP contribution in [0.4, 0.5) is 0 Å². The van der Waals surface area contributed by atoms with Crippen LogP contribution in [0.15, 0.2) is 4.99 Å². The fraction of sp³-hybridized carbons (Fsp3) is 0.917. The van der Waals surface area contributed by atoms with Crippen LogP contribution in [0.25, 0.3) is 0 Å². The van der Waals surface area contributed by atoms with E-state index in [0.717, 1.165) is 24.4 Å². The van der Waals surface area contributed by atoms with Crippen LogP contribution < -0.4 is 5.32 Å². The Labute approximate surface area is 97.3 Å². The molecule has 2 aliphatic rings. The first kappa shape index (κ1) is 11.3. The lowest BCUT2D eigenvalue weighted by molar-refractivity contribution is 0.621. The Bertz CT molecular complexity index is 250. The van der Waals surface area contributed by atoms with Crippen molar-refractivity contribution in [3.05, 3.63) is 0 Å². The molecule has 1 aliphatic carbocycles. The molecule has 2 nitrogen and oxygen atoms in total. The number of hydrogen-bond acceptors (Lipinski definition) is 3. The molecule has 15 heavy (non-hydrogen) atoms. The van der Waals surface area contributed by atoms with Gasteiger partial charge in [0, 0.05) is 11.3 Å². The highest BCUT2D eigenvalue weighted by Crippen LogP contribution is 2.36. The van der Waals surface area contributed by atoms with Crippen molar-refractivity contribution in [1.29, 1.82) is 0 Å². The summed E-state index contributed by atoms with van der Waals surface area (Å²) in [5.41, 5.74) is 0. The van der Waals surface area contributed by atoms with Crippen LogP contribution in [-0.4, -0.2) is 23.0 Å². The van der Waals surface area contributed by atoms with Gasteiger partial charge in [-0.05, 0) is 24.7 Å². The van der Waals surface area contributed by atoms with Crippen LogP contribution in [0.3, 0.4) is 0 Å². The predicted octanol–water partition coefficient (Wildman–Crippen LogP) is 2.89. The summed E-state index contributed by atoms with van der Waals surface area (Å²) >= 11 is 1.95. The smallest absolute Gasteiger partial charge is 0.157 e. The fourth-order valence-corrected chi connectivity index (χ4v) is 3.17. The molecule has 1 heterocycles. The standard InChI is InChI=1S/C12H22N2S/c1-4-5-9-6-10(9)14-12-13-7-11(15-12)8(2)3/h8-11H,4-7H2,1-3H3,(H,13,14). The van der Waals surface area contributed by atoms with Gasteiger partial charge in [-0.15, -0.1) is 0 Å². The maximum atomic E-state index is 4.58. The molecule has 0 bridgehead atoms. The average Bonchev–Trinajstić information content (AvgIpc) is 2.75. The Morgan fingerprint density at radius 3 is 2.93 bits per heavy atom. The Balaban J connectivity index is 1.70. The molecule has 0 aromatic heterocycles. The van der Waals surface area contributed by atoms with Gasteiger partial charge in [0.1, 0.15) is 0 Å². The number of nitrogens with zero attached hydrogens (tertiary/aromatic N) is 1. The molecule has 1 fully saturated rings. The minimum atomic E-state index is 0.705. The SMILES string of the molecule is CCCC1CC1NC1=NCC(C(C)C)S1. The van der Waals surface area contributed by atoms with Crippen LogP contribution in [-0.2, 0) is 0 Å².